The monoisotopic (exact) mass is 401 g/mol. The molecule has 0 fully saturated rings. The van der Waals surface area contributed by atoms with Gasteiger partial charge in [-0.25, -0.2) is 9.97 Å². The summed E-state index contributed by atoms with van der Waals surface area (Å²) in [6.45, 7) is 4.22. The topological polar surface area (TPSA) is 29.0 Å². The van der Waals surface area contributed by atoms with Crippen molar-refractivity contribution in [3.8, 4) is 11.4 Å². The van der Waals surface area contributed by atoms with Gasteiger partial charge in [-0.3, -0.25) is 4.90 Å². The third-order valence-electron chi connectivity index (χ3n) is 5.30. The second-order valence-electron chi connectivity index (χ2n) is 7.77. The van der Waals surface area contributed by atoms with E-state index in [9.17, 15) is 0 Å². The smallest absolute Gasteiger partial charge is 0.162 e. The van der Waals surface area contributed by atoms with Gasteiger partial charge in [0.25, 0.3) is 0 Å². The minimum atomic E-state index is 0.734. The molecule has 0 saturated heterocycles. The van der Waals surface area contributed by atoms with Crippen molar-refractivity contribution in [3.05, 3.63) is 114 Å². The van der Waals surface area contributed by atoms with Crippen LogP contribution in [0.5, 0.6) is 0 Å². The minimum Gasteiger partial charge on any atom is -0.294 e. The number of aryl methyl sites for hydroxylation is 2. The van der Waals surface area contributed by atoms with Crippen LogP contribution in [0.1, 0.15) is 11.1 Å². The van der Waals surface area contributed by atoms with Crippen LogP contribution >= 0.6 is 0 Å². The summed E-state index contributed by atoms with van der Waals surface area (Å²) in [7, 11) is 0. The van der Waals surface area contributed by atoms with E-state index in [1.807, 2.05) is 24.3 Å². The van der Waals surface area contributed by atoms with Gasteiger partial charge in [0.2, 0.25) is 0 Å². The fraction of sp³-hybridized carbons (Fsp3) is 0.0714. The molecular weight excluding hydrogens is 378 g/mol. The molecule has 0 aliphatic heterocycles. The molecule has 0 atom stereocenters. The van der Waals surface area contributed by atoms with E-state index in [0.717, 1.165) is 39.5 Å². The summed E-state index contributed by atoms with van der Waals surface area (Å²) in [5.74, 6) is 1.61. The SMILES string of the molecule is Cc1cc(C)cc(-c2nc(N(c3ccccc3)c3ccccc3)c3ccccc3n2)c1. The molecule has 150 valence electrons. The van der Waals surface area contributed by atoms with Gasteiger partial charge in [-0.05, 0) is 62.4 Å². The maximum Gasteiger partial charge on any atom is 0.162 e. The highest BCUT2D eigenvalue weighted by molar-refractivity contribution is 5.96. The number of hydrogen-bond donors (Lipinski definition) is 0. The van der Waals surface area contributed by atoms with Gasteiger partial charge >= 0.3 is 0 Å². The molecule has 1 aromatic heterocycles. The molecule has 0 spiro atoms. The number of para-hydroxylation sites is 3. The minimum absolute atomic E-state index is 0.734. The molecule has 0 saturated carbocycles. The Morgan fingerprint density at radius 1 is 0.581 bits per heavy atom. The molecule has 0 amide bonds. The molecule has 5 rings (SSSR count). The number of hydrogen-bond acceptors (Lipinski definition) is 3. The first-order valence-electron chi connectivity index (χ1n) is 10.4. The Labute approximate surface area is 182 Å². The van der Waals surface area contributed by atoms with E-state index >= 15 is 0 Å². The maximum atomic E-state index is 5.12. The van der Waals surface area contributed by atoms with Crippen molar-refractivity contribution in [2.24, 2.45) is 0 Å². The highest BCUT2D eigenvalue weighted by Crippen LogP contribution is 2.38. The summed E-state index contributed by atoms with van der Waals surface area (Å²) in [4.78, 5) is 12.2. The third kappa shape index (κ3) is 3.78. The van der Waals surface area contributed by atoms with Crippen LogP contribution in [0.2, 0.25) is 0 Å². The zero-order valence-corrected chi connectivity index (χ0v) is 17.7. The van der Waals surface area contributed by atoms with Crippen molar-refractivity contribution in [2.45, 2.75) is 13.8 Å². The zero-order chi connectivity index (χ0) is 21.2. The molecule has 0 radical (unpaired) electrons. The van der Waals surface area contributed by atoms with E-state index in [0.29, 0.717) is 0 Å². The fourth-order valence-electron chi connectivity index (χ4n) is 4.01. The molecule has 5 aromatic rings. The number of anilines is 3. The van der Waals surface area contributed by atoms with Crippen molar-refractivity contribution in [1.29, 1.82) is 0 Å². The van der Waals surface area contributed by atoms with E-state index < -0.39 is 0 Å². The highest BCUT2D eigenvalue weighted by Gasteiger charge is 2.19. The van der Waals surface area contributed by atoms with Crippen LogP contribution in [-0.2, 0) is 0 Å². The molecule has 0 aliphatic carbocycles. The molecule has 0 bridgehead atoms. The van der Waals surface area contributed by atoms with E-state index in [4.69, 9.17) is 9.97 Å². The van der Waals surface area contributed by atoms with Gasteiger partial charge in [0.05, 0.1) is 5.52 Å². The summed E-state index contributed by atoms with van der Waals surface area (Å²) in [6.07, 6.45) is 0. The second kappa shape index (κ2) is 8.04. The lowest BCUT2D eigenvalue weighted by Crippen LogP contribution is -2.13. The summed E-state index contributed by atoms with van der Waals surface area (Å²) in [5.41, 5.74) is 6.49. The Kier molecular flexibility index (Phi) is 4.93. The van der Waals surface area contributed by atoms with Crippen LogP contribution in [0.4, 0.5) is 17.2 Å². The molecule has 0 unspecified atom stereocenters. The number of fused-ring (bicyclic) bond motifs is 1. The number of benzene rings is 4. The maximum absolute atomic E-state index is 5.12. The van der Waals surface area contributed by atoms with E-state index in [-0.39, 0.29) is 0 Å². The lowest BCUT2D eigenvalue weighted by atomic mass is 10.1. The first-order valence-corrected chi connectivity index (χ1v) is 10.4. The van der Waals surface area contributed by atoms with Crippen molar-refractivity contribution < 1.29 is 0 Å². The molecule has 3 nitrogen and oxygen atoms in total. The molecular formula is C28H23N3. The molecule has 31 heavy (non-hydrogen) atoms. The average molecular weight is 402 g/mol. The molecule has 4 aromatic carbocycles. The number of aromatic nitrogens is 2. The van der Waals surface area contributed by atoms with Gasteiger partial charge in [-0.2, -0.15) is 0 Å². The predicted octanol–water partition coefficient (Wildman–Crippen LogP) is 7.38. The number of nitrogens with zero attached hydrogens (tertiary/aromatic N) is 3. The van der Waals surface area contributed by atoms with Crippen LogP contribution in [0.15, 0.2) is 103 Å². The van der Waals surface area contributed by atoms with Crippen LogP contribution in [0.25, 0.3) is 22.3 Å². The van der Waals surface area contributed by atoms with Gasteiger partial charge in [0.1, 0.15) is 5.82 Å². The van der Waals surface area contributed by atoms with Crippen molar-refractivity contribution in [1.82, 2.24) is 9.97 Å². The van der Waals surface area contributed by atoms with Crippen molar-refractivity contribution in [2.75, 3.05) is 4.90 Å². The molecule has 0 N–H and O–H groups in total. The van der Waals surface area contributed by atoms with Gasteiger partial charge in [-0.15, -0.1) is 0 Å². The predicted molar refractivity (Wildman–Crippen MR) is 129 cm³/mol. The van der Waals surface area contributed by atoms with Gasteiger partial charge in [0.15, 0.2) is 5.82 Å². The molecule has 3 heteroatoms. The van der Waals surface area contributed by atoms with Gasteiger partial charge < -0.3 is 0 Å². The summed E-state index contributed by atoms with van der Waals surface area (Å²) >= 11 is 0. The van der Waals surface area contributed by atoms with Gasteiger partial charge in [0, 0.05) is 22.3 Å². The Morgan fingerprint density at radius 3 is 1.74 bits per heavy atom. The summed E-state index contributed by atoms with van der Waals surface area (Å²) < 4.78 is 0. The van der Waals surface area contributed by atoms with Crippen LogP contribution in [0, 0.1) is 13.8 Å². The first-order chi connectivity index (χ1) is 15.2. The zero-order valence-electron chi connectivity index (χ0n) is 17.7. The van der Waals surface area contributed by atoms with Crippen molar-refractivity contribution in [3.63, 3.8) is 0 Å². The normalized spacial score (nSPS) is 10.9. The van der Waals surface area contributed by atoms with E-state index in [1.54, 1.807) is 0 Å². The third-order valence-corrected chi connectivity index (χ3v) is 5.30. The summed E-state index contributed by atoms with van der Waals surface area (Å²) in [6, 6.07) is 35.4. The fourth-order valence-corrected chi connectivity index (χ4v) is 4.01. The van der Waals surface area contributed by atoms with Gasteiger partial charge in [-0.1, -0.05) is 65.7 Å². The van der Waals surface area contributed by atoms with E-state index in [2.05, 4.69) is 97.6 Å². The quantitative estimate of drug-likeness (QED) is 0.314. The van der Waals surface area contributed by atoms with Crippen LogP contribution < -0.4 is 4.90 Å². The Morgan fingerprint density at radius 2 is 1.13 bits per heavy atom. The molecule has 1 heterocycles. The Bertz CT molecular complexity index is 1290. The Hall–Kier alpha value is -3.98. The lowest BCUT2D eigenvalue weighted by Gasteiger charge is -2.26. The van der Waals surface area contributed by atoms with E-state index in [1.165, 1.54) is 11.1 Å². The highest BCUT2D eigenvalue weighted by atomic mass is 15.2. The Balaban J connectivity index is 1.81. The first kappa shape index (κ1) is 19.0. The molecule has 0 aliphatic rings. The number of rotatable bonds is 4. The standard InChI is InChI=1S/C28H23N3/c1-20-17-21(2)19-22(18-20)27-29-26-16-10-9-15-25(26)28(30-27)31(23-11-5-3-6-12-23)24-13-7-4-8-14-24/h3-19H,1-2H3. The van der Waals surface area contributed by atoms with Crippen LogP contribution in [-0.4, -0.2) is 9.97 Å². The second-order valence-corrected chi connectivity index (χ2v) is 7.77. The largest absolute Gasteiger partial charge is 0.294 e. The average Bonchev–Trinajstić information content (AvgIpc) is 2.80. The van der Waals surface area contributed by atoms with Crippen LogP contribution in [0.3, 0.4) is 0 Å². The van der Waals surface area contributed by atoms with Crippen molar-refractivity contribution >= 4 is 28.1 Å². The summed E-state index contributed by atoms with van der Waals surface area (Å²) in [5, 5.41) is 1.02. The lowest BCUT2D eigenvalue weighted by molar-refractivity contribution is 1.15.